The van der Waals surface area contributed by atoms with Crippen molar-refractivity contribution in [3.05, 3.63) is 65.2 Å². The Morgan fingerprint density at radius 1 is 0.923 bits per heavy atom. The number of benzene rings is 2. The van der Waals surface area contributed by atoms with Crippen LogP contribution < -0.4 is 10.6 Å². The molecule has 0 saturated heterocycles. The van der Waals surface area contributed by atoms with Gasteiger partial charge in [-0.3, -0.25) is 9.59 Å². The molecule has 4 nitrogen and oxygen atoms in total. The third kappa shape index (κ3) is 5.73. The quantitative estimate of drug-likeness (QED) is 0.658. The number of carbonyl (C=O) groups excluding carboxylic acids is 2. The summed E-state index contributed by atoms with van der Waals surface area (Å²) in [5.74, 6) is 0.0900. The van der Waals surface area contributed by atoms with E-state index < -0.39 is 0 Å². The molecule has 26 heavy (non-hydrogen) atoms. The fraction of sp³-hybridized carbons (Fsp3) is 0.364. The summed E-state index contributed by atoms with van der Waals surface area (Å²) in [5.41, 5.74) is 2.95. The molecule has 4 heteroatoms. The number of carbonyl (C=O) groups is 2. The molecule has 0 unspecified atom stereocenters. The van der Waals surface area contributed by atoms with Crippen molar-refractivity contribution < 1.29 is 9.59 Å². The number of hydrogen-bond donors (Lipinski definition) is 2. The molecule has 0 spiro atoms. The second-order valence-corrected chi connectivity index (χ2v) is 6.77. The summed E-state index contributed by atoms with van der Waals surface area (Å²) in [6.07, 6.45) is 3.18. The minimum atomic E-state index is -0.220. The van der Waals surface area contributed by atoms with E-state index in [1.807, 2.05) is 24.3 Å². The molecule has 2 aromatic carbocycles. The molecule has 0 heterocycles. The first-order valence-electron chi connectivity index (χ1n) is 9.31. The standard InChI is InChI=1S/C22H28N2O2/c1-4-5-6-14-23-21(25)18-8-7-9-19(15-18)22(26)24-20-12-10-17(11-13-20)16(2)3/h7-13,15-16H,4-6,14H2,1-3H3,(H,23,25)(H,24,26). The van der Waals surface area contributed by atoms with Crippen LogP contribution >= 0.6 is 0 Å². The molecule has 2 aromatic rings. The maximum atomic E-state index is 12.5. The van der Waals surface area contributed by atoms with Gasteiger partial charge in [0.25, 0.3) is 11.8 Å². The lowest BCUT2D eigenvalue weighted by Crippen LogP contribution is -2.24. The zero-order valence-electron chi connectivity index (χ0n) is 15.8. The summed E-state index contributed by atoms with van der Waals surface area (Å²) in [5, 5.41) is 5.78. The average Bonchev–Trinajstić information content (AvgIpc) is 2.65. The molecular formula is C22H28N2O2. The third-order valence-corrected chi connectivity index (χ3v) is 4.29. The molecule has 0 bridgehead atoms. The van der Waals surface area contributed by atoms with Crippen LogP contribution in [0.5, 0.6) is 0 Å². The van der Waals surface area contributed by atoms with E-state index in [1.165, 1.54) is 5.56 Å². The van der Waals surface area contributed by atoms with Gasteiger partial charge in [-0.15, -0.1) is 0 Å². The first kappa shape index (κ1) is 19.7. The van der Waals surface area contributed by atoms with Crippen LogP contribution in [0.15, 0.2) is 48.5 Å². The Labute approximate surface area is 156 Å². The monoisotopic (exact) mass is 352 g/mol. The molecule has 138 valence electrons. The lowest BCUT2D eigenvalue weighted by molar-refractivity contribution is 0.0953. The second kappa shape index (κ2) is 9.76. The van der Waals surface area contributed by atoms with E-state index >= 15 is 0 Å². The lowest BCUT2D eigenvalue weighted by atomic mass is 10.0. The number of nitrogens with one attached hydrogen (secondary N) is 2. The zero-order chi connectivity index (χ0) is 18.9. The molecule has 0 aliphatic rings. The SMILES string of the molecule is CCCCCNC(=O)c1cccc(C(=O)Nc2ccc(C(C)C)cc2)c1. The summed E-state index contributed by atoms with van der Waals surface area (Å²) in [6, 6.07) is 14.6. The number of unbranched alkanes of at least 4 members (excludes halogenated alkanes) is 2. The van der Waals surface area contributed by atoms with Crippen molar-refractivity contribution in [3.63, 3.8) is 0 Å². The highest BCUT2D eigenvalue weighted by Gasteiger charge is 2.11. The fourth-order valence-corrected chi connectivity index (χ4v) is 2.64. The van der Waals surface area contributed by atoms with Crippen LogP contribution in [0.3, 0.4) is 0 Å². The van der Waals surface area contributed by atoms with Crippen LogP contribution in [0.2, 0.25) is 0 Å². The van der Waals surface area contributed by atoms with Crippen LogP contribution in [-0.2, 0) is 0 Å². The van der Waals surface area contributed by atoms with Crippen molar-refractivity contribution in [1.29, 1.82) is 0 Å². The molecule has 2 N–H and O–H groups in total. The Balaban J connectivity index is 1.99. The van der Waals surface area contributed by atoms with Crippen molar-refractivity contribution in [3.8, 4) is 0 Å². The van der Waals surface area contributed by atoms with Crippen molar-refractivity contribution in [2.75, 3.05) is 11.9 Å². The van der Waals surface area contributed by atoms with Crippen LogP contribution in [0.25, 0.3) is 0 Å². The van der Waals surface area contributed by atoms with E-state index in [9.17, 15) is 9.59 Å². The van der Waals surface area contributed by atoms with Crippen LogP contribution in [0.1, 0.15) is 72.2 Å². The van der Waals surface area contributed by atoms with Crippen LogP contribution in [0.4, 0.5) is 5.69 Å². The Hall–Kier alpha value is -2.62. The Bertz CT molecular complexity index is 736. The van der Waals surface area contributed by atoms with Gasteiger partial charge in [-0.1, -0.05) is 51.8 Å². The van der Waals surface area contributed by atoms with Gasteiger partial charge in [-0.25, -0.2) is 0 Å². The maximum Gasteiger partial charge on any atom is 0.255 e. The predicted molar refractivity (Wildman–Crippen MR) is 107 cm³/mol. The first-order valence-corrected chi connectivity index (χ1v) is 9.31. The zero-order valence-corrected chi connectivity index (χ0v) is 15.8. The van der Waals surface area contributed by atoms with Crippen molar-refractivity contribution in [1.82, 2.24) is 5.32 Å². The molecule has 0 radical (unpaired) electrons. The van der Waals surface area contributed by atoms with Gasteiger partial charge in [-0.2, -0.15) is 0 Å². The topological polar surface area (TPSA) is 58.2 Å². The summed E-state index contributed by atoms with van der Waals surface area (Å²) >= 11 is 0. The molecular weight excluding hydrogens is 324 g/mol. The lowest BCUT2D eigenvalue weighted by Gasteiger charge is -2.09. The molecule has 2 rings (SSSR count). The largest absolute Gasteiger partial charge is 0.352 e. The highest BCUT2D eigenvalue weighted by Crippen LogP contribution is 2.18. The molecule has 0 fully saturated rings. The normalized spacial score (nSPS) is 10.6. The van der Waals surface area contributed by atoms with Crippen molar-refractivity contribution >= 4 is 17.5 Å². The summed E-state index contributed by atoms with van der Waals surface area (Å²) in [7, 11) is 0. The Kier molecular flexibility index (Phi) is 7.39. The number of hydrogen-bond acceptors (Lipinski definition) is 2. The molecule has 0 aliphatic heterocycles. The number of amides is 2. The van der Waals surface area contributed by atoms with Gasteiger partial charge in [0, 0.05) is 23.4 Å². The molecule has 0 aliphatic carbocycles. The second-order valence-electron chi connectivity index (χ2n) is 6.77. The van der Waals surface area contributed by atoms with E-state index in [-0.39, 0.29) is 11.8 Å². The van der Waals surface area contributed by atoms with Gasteiger partial charge < -0.3 is 10.6 Å². The molecule has 2 amide bonds. The van der Waals surface area contributed by atoms with E-state index in [0.717, 1.165) is 24.9 Å². The van der Waals surface area contributed by atoms with Crippen LogP contribution in [0, 0.1) is 0 Å². The highest BCUT2D eigenvalue weighted by atomic mass is 16.2. The van der Waals surface area contributed by atoms with Gasteiger partial charge in [0.15, 0.2) is 0 Å². The number of rotatable bonds is 8. The van der Waals surface area contributed by atoms with E-state index in [1.54, 1.807) is 24.3 Å². The van der Waals surface area contributed by atoms with Gasteiger partial charge in [-0.05, 0) is 48.2 Å². The minimum Gasteiger partial charge on any atom is -0.352 e. The average molecular weight is 352 g/mol. The van der Waals surface area contributed by atoms with Gasteiger partial charge in [0.05, 0.1) is 0 Å². The highest BCUT2D eigenvalue weighted by molar-refractivity contribution is 6.06. The summed E-state index contributed by atoms with van der Waals surface area (Å²) < 4.78 is 0. The fourth-order valence-electron chi connectivity index (χ4n) is 2.64. The summed E-state index contributed by atoms with van der Waals surface area (Å²) in [4.78, 5) is 24.7. The van der Waals surface area contributed by atoms with Gasteiger partial charge in [0.2, 0.25) is 0 Å². The summed E-state index contributed by atoms with van der Waals surface area (Å²) in [6.45, 7) is 7.05. The smallest absolute Gasteiger partial charge is 0.255 e. The first-order chi connectivity index (χ1) is 12.5. The van der Waals surface area contributed by atoms with E-state index in [4.69, 9.17) is 0 Å². The molecule has 0 atom stereocenters. The number of anilines is 1. The van der Waals surface area contributed by atoms with Crippen LogP contribution in [-0.4, -0.2) is 18.4 Å². The molecule has 0 aromatic heterocycles. The predicted octanol–water partition coefficient (Wildman–Crippen LogP) is 4.98. The van der Waals surface area contributed by atoms with Crippen molar-refractivity contribution in [2.24, 2.45) is 0 Å². The molecule has 0 saturated carbocycles. The van der Waals surface area contributed by atoms with E-state index in [0.29, 0.717) is 23.6 Å². The van der Waals surface area contributed by atoms with Crippen molar-refractivity contribution in [2.45, 2.75) is 46.0 Å². The Morgan fingerprint density at radius 3 is 2.19 bits per heavy atom. The van der Waals surface area contributed by atoms with E-state index in [2.05, 4.69) is 31.4 Å². The van der Waals surface area contributed by atoms with Gasteiger partial charge >= 0.3 is 0 Å². The maximum absolute atomic E-state index is 12.5. The van der Waals surface area contributed by atoms with Gasteiger partial charge in [0.1, 0.15) is 0 Å². The third-order valence-electron chi connectivity index (χ3n) is 4.29. The minimum absolute atomic E-state index is 0.142. The Morgan fingerprint density at radius 2 is 1.58 bits per heavy atom.